The second-order valence-corrected chi connectivity index (χ2v) is 4.94. The Kier molecular flexibility index (Phi) is 3.49. The SMILES string of the molecule is CCOC(=O)C[n+]1c(N)sc2cc(Cl)ccc21. The number of nitrogens with two attached hydrogens (primary N) is 1. The lowest BCUT2D eigenvalue weighted by Crippen LogP contribution is -2.39. The molecule has 1 aromatic carbocycles. The van der Waals surface area contributed by atoms with Crippen molar-refractivity contribution >= 4 is 44.3 Å². The number of rotatable bonds is 3. The van der Waals surface area contributed by atoms with E-state index in [0.29, 0.717) is 16.8 Å². The van der Waals surface area contributed by atoms with Crippen LogP contribution in [0.5, 0.6) is 0 Å². The highest BCUT2D eigenvalue weighted by Crippen LogP contribution is 2.25. The van der Waals surface area contributed by atoms with Crippen LogP contribution < -0.4 is 10.3 Å². The summed E-state index contributed by atoms with van der Waals surface area (Å²) >= 11 is 7.30. The van der Waals surface area contributed by atoms with E-state index in [-0.39, 0.29) is 12.5 Å². The van der Waals surface area contributed by atoms with Crippen LogP contribution >= 0.6 is 22.9 Å². The summed E-state index contributed by atoms with van der Waals surface area (Å²) in [6, 6.07) is 5.46. The molecular formula is C11H12ClN2O2S+. The van der Waals surface area contributed by atoms with Crippen molar-refractivity contribution in [1.82, 2.24) is 0 Å². The smallest absolute Gasteiger partial charge is 0.348 e. The molecule has 6 heteroatoms. The van der Waals surface area contributed by atoms with Gasteiger partial charge >= 0.3 is 11.1 Å². The van der Waals surface area contributed by atoms with Gasteiger partial charge in [-0.2, -0.15) is 0 Å². The Morgan fingerprint density at radius 1 is 1.59 bits per heavy atom. The van der Waals surface area contributed by atoms with Gasteiger partial charge in [-0.05, 0) is 36.5 Å². The number of esters is 1. The number of fused-ring (bicyclic) bond motifs is 1. The van der Waals surface area contributed by atoms with E-state index in [2.05, 4.69) is 0 Å². The maximum absolute atomic E-state index is 11.5. The number of ether oxygens (including phenoxy) is 1. The van der Waals surface area contributed by atoms with E-state index >= 15 is 0 Å². The van der Waals surface area contributed by atoms with Crippen LogP contribution in [0.15, 0.2) is 18.2 Å². The standard InChI is InChI=1S/C11H11ClN2O2S/c1-2-16-10(15)6-14-8-4-3-7(12)5-9(8)17-11(14)13/h3-5,13H,2,6H2,1H3/p+1. The fraction of sp³-hybridized carbons (Fsp3) is 0.273. The van der Waals surface area contributed by atoms with Crippen molar-refractivity contribution in [3.8, 4) is 0 Å². The molecule has 0 aliphatic rings. The van der Waals surface area contributed by atoms with Crippen LogP contribution in [-0.2, 0) is 16.1 Å². The van der Waals surface area contributed by atoms with Crippen molar-refractivity contribution in [2.45, 2.75) is 13.5 Å². The van der Waals surface area contributed by atoms with E-state index in [1.54, 1.807) is 17.6 Å². The number of carbonyl (C=O) groups is 1. The van der Waals surface area contributed by atoms with E-state index in [0.717, 1.165) is 10.2 Å². The molecule has 0 atom stereocenters. The third-order valence-electron chi connectivity index (χ3n) is 2.29. The lowest BCUT2D eigenvalue weighted by Gasteiger charge is -2.00. The fourth-order valence-corrected chi connectivity index (χ4v) is 2.78. The summed E-state index contributed by atoms with van der Waals surface area (Å²) in [5.41, 5.74) is 6.77. The quantitative estimate of drug-likeness (QED) is 0.686. The fourth-order valence-electron chi connectivity index (χ4n) is 1.58. The number of nitrogens with zero attached hydrogens (tertiary/aromatic N) is 1. The first-order valence-electron chi connectivity index (χ1n) is 5.14. The molecule has 0 aliphatic heterocycles. The third kappa shape index (κ3) is 2.50. The topological polar surface area (TPSA) is 56.2 Å². The Labute approximate surface area is 108 Å². The predicted molar refractivity (Wildman–Crippen MR) is 68.1 cm³/mol. The molecule has 2 rings (SSSR count). The van der Waals surface area contributed by atoms with Gasteiger partial charge in [0.15, 0.2) is 6.54 Å². The summed E-state index contributed by atoms with van der Waals surface area (Å²) < 4.78 is 7.59. The zero-order valence-corrected chi connectivity index (χ0v) is 10.8. The molecule has 0 radical (unpaired) electrons. The van der Waals surface area contributed by atoms with Crippen LogP contribution in [0.3, 0.4) is 0 Å². The summed E-state index contributed by atoms with van der Waals surface area (Å²) in [7, 11) is 0. The zero-order valence-electron chi connectivity index (χ0n) is 9.27. The Balaban J connectivity index is 2.39. The molecule has 17 heavy (non-hydrogen) atoms. The van der Waals surface area contributed by atoms with Gasteiger partial charge in [0.05, 0.1) is 11.3 Å². The number of hydrogen-bond donors (Lipinski definition) is 1. The van der Waals surface area contributed by atoms with Gasteiger partial charge in [-0.1, -0.05) is 11.6 Å². The Hall–Kier alpha value is -1.33. The Bertz CT molecular complexity index is 568. The number of thiazole rings is 1. The van der Waals surface area contributed by atoms with Crippen LogP contribution in [0.25, 0.3) is 10.2 Å². The van der Waals surface area contributed by atoms with Gasteiger partial charge in [-0.25, -0.2) is 9.36 Å². The van der Waals surface area contributed by atoms with Crippen molar-refractivity contribution in [3.63, 3.8) is 0 Å². The molecule has 0 saturated carbocycles. The minimum absolute atomic E-state index is 0.126. The van der Waals surface area contributed by atoms with Gasteiger partial charge < -0.3 is 4.74 Å². The molecule has 90 valence electrons. The molecule has 0 saturated heterocycles. The summed E-state index contributed by atoms with van der Waals surface area (Å²) in [6.07, 6.45) is 0. The number of carbonyl (C=O) groups excluding carboxylic acids is 1. The van der Waals surface area contributed by atoms with Crippen LogP contribution in [0.2, 0.25) is 5.02 Å². The molecular weight excluding hydrogens is 260 g/mol. The lowest BCUT2D eigenvalue weighted by molar-refractivity contribution is -0.641. The highest BCUT2D eigenvalue weighted by Gasteiger charge is 2.18. The first-order chi connectivity index (χ1) is 8.11. The van der Waals surface area contributed by atoms with E-state index in [1.807, 2.05) is 12.1 Å². The first kappa shape index (κ1) is 12.1. The molecule has 0 fully saturated rings. The van der Waals surface area contributed by atoms with Crippen molar-refractivity contribution < 1.29 is 14.1 Å². The molecule has 1 aromatic heterocycles. The van der Waals surface area contributed by atoms with Gasteiger partial charge in [0.25, 0.3) is 0 Å². The second kappa shape index (κ2) is 4.89. The number of aromatic nitrogens is 1. The summed E-state index contributed by atoms with van der Waals surface area (Å²) in [6.45, 7) is 2.27. The zero-order chi connectivity index (χ0) is 12.4. The molecule has 0 amide bonds. The van der Waals surface area contributed by atoms with Gasteiger partial charge in [-0.3, -0.25) is 5.73 Å². The maximum atomic E-state index is 11.5. The van der Waals surface area contributed by atoms with Gasteiger partial charge in [0.1, 0.15) is 5.52 Å². The largest absolute Gasteiger partial charge is 0.463 e. The number of nitrogen functional groups attached to an aromatic ring is 1. The normalized spacial score (nSPS) is 10.7. The van der Waals surface area contributed by atoms with Crippen LogP contribution in [0.4, 0.5) is 5.13 Å². The van der Waals surface area contributed by atoms with E-state index < -0.39 is 0 Å². The third-order valence-corrected chi connectivity index (χ3v) is 3.50. The minimum Gasteiger partial charge on any atom is -0.463 e. The van der Waals surface area contributed by atoms with Crippen LogP contribution in [0.1, 0.15) is 6.92 Å². The summed E-state index contributed by atoms with van der Waals surface area (Å²) in [5, 5.41) is 1.22. The number of benzene rings is 1. The minimum atomic E-state index is -0.293. The van der Waals surface area contributed by atoms with Gasteiger partial charge in [-0.15, -0.1) is 0 Å². The number of anilines is 1. The van der Waals surface area contributed by atoms with Crippen molar-refractivity contribution in [2.24, 2.45) is 0 Å². The summed E-state index contributed by atoms with van der Waals surface area (Å²) in [4.78, 5) is 11.5. The molecule has 0 aliphatic carbocycles. The molecule has 2 N–H and O–H groups in total. The highest BCUT2D eigenvalue weighted by atomic mass is 35.5. The van der Waals surface area contributed by atoms with E-state index in [9.17, 15) is 4.79 Å². The molecule has 4 nitrogen and oxygen atoms in total. The second-order valence-electron chi connectivity index (χ2n) is 3.44. The average molecular weight is 272 g/mol. The highest BCUT2D eigenvalue weighted by molar-refractivity contribution is 7.21. The lowest BCUT2D eigenvalue weighted by atomic mass is 10.3. The predicted octanol–water partition coefficient (Wildman–Crippen LogP) is 1.99. The maximum Gasteiger partial charge on any atom is 0.348 e. The molecule has 2 aromatic rings. The van der Waals surface area contributed by atoms with Crippen molar-refractivity contribution in [3.05, 3.63) is 23.2 Å². The van der Waals surface area contributed by atoms with Gasteiger partial charge in [0.2, 0.25) is 0 Å². The summed E-state index contributed by atoms with van der Waals surface area (Å²) in [5.74, 6) is -0.293. The van der Waals surface area contributed by atoms with Crippen LogP contribution in [0, 0.1) is 0 Å². The van der Waals surface area contributed by atoms with Crippen molar-refractivity contribution in [1.29, 1.82) is 0 Å². The Morgan fingerprint density at radius 2 is 2.35 bits per heavy atom. The first-order valence-corrected chi connectivity index (χ1v) is 6.34. The van der Waals surface area contributed by atoms with Crippen LogP contribution in [-0.4, -0.2) is 12.6 Å². The van der Waals surface area contributed by atoms with Gasteiger partial charge in [0, 0.05) is 5.02 Å². The Morgan fingerprint density at radius 3 is 3.06 bits per heavy atom. The molecule has 0 bridgehead atoms. The number of hydrogen-bond acceptors (Lipinski definition) is 4. The van der Waals surface area contributed by atoms with Crippen molar-refractivity contribution in [2.75, 3.05) is 12.3 Å². The molecule has 1 heterocycles. The number of halogens is 1. The molecule has 0 spiro atoms. The average Bonchev–Trinajstić information content (AvgIpc) is 2.55. The van der Waals surface area contributed by atoms with E-state index in [4.69, 9.17) is 22.1 Å². The van der Waals surface area contributed by atoms with E-state index in [1.165, 1.54) is 11.3 Å². The monoisotopic (exact) mass is 271 g/mol. The molecule has 0 unspecified atom stereocenters.